The number of nitrogens with zero attached hydrogens (tertiary/aromatic N) is 4. The fourth-order valence-corrected chi connectivity index (χ4v) is 4.35. The first-order valence-electron chi connectivity index (χ1n) is 11.6. The van der Waals surface area contributed by atoms with Crippen LogP contribution in [0.2, 0.25) is 0 Å². The average molecular weight is 475 g/mol. The number of carbonyl (C=O) groups excluding carboxylic acids is 1. The second-order valence-corrected chi connectivity index (χ2v) is 8.50. The minimum atomic E-state index is -0.458. The number of carbonyl (C=O) groups is 1. The van der Waals surface area contributed by atoms with E-state index in [0.717, 1.165) is 22.2 Å². The molecule has 0 radical (unpaired) electrons. The summed E-state index contributed by atoms with van der Waals surface area (Å²) in [5.41, 5.74) is 4.44. The van der Waals surface area contributed by atoms with Gasteiger partial charge in [0.1, 0.15) is 23.0 Å². The predicted molar refractivity (Wildman–Crippen MR) is 137 cm³/mol. The fourth-order valence-electron chi connectivity index (χ4n) is 4.35. The van der Waals surface area contributed by atoms with E-state index < -0.39 is 6.04 Å². The smallest absolute Gasteiger partial charge is 0.271 e. The average Bonchev–Trinajstić information content (AvgIpc) is 3.52. The molecule has 8 nitrogen and oxygen atoms in total. The molecule has 0 saturated heterocycles. The van der Waals surface area contributed by atoms with Crippen molar-refractivity contribution in [1.29, 1.82) is 0 Å². The third-order valence-electron chi connectivity index (χ3n) is 6.09. The van der Waals surface area contributed by atoms with Crippen molar-refractivity contribution in [2.45, 2.75) is 12.5 Å². The molecule has 0 saturated carbocycles. The van der Waals surface area contributed by atoms with Crippen LogP contribution in [0.5, 0.6) is 5.75 Å². The number of fused-ring (bicyclic) bond motifs is 2. The van der Waals surface area contributed by atoms with E-state index in [1.165, 1.54) is 0 Å². The van der Waals surface area contributed by atoms with E-state index >= 15 is 0 Å². The van der Waals surface area contributed by atoms with E-state index in [1.54, 1.807) is 35.0 Å². The van der Waals surface area contributed by atoms with Crippen molar-refractivity contribution in [2.24, 2.45) is 0 Å². The standard InChI is InChI=1S/C28H22N6O2/c35-20-13-11-18(12-14-20)17-23(26-30-21-9-4-5-10-22(21)31-26)32-27(36)25-24(19-7-2-1-3-8-19)33-28-29-15-6-16-34(25)28/h1-16,23,35H,17H2,(H,30,31)(H,32,36). The van der Waals surface area contributed by atoms with Gasteiger partial charge in [-0.3, -0.25) is 9.20 Å². The maximum Gasteiger partial charge on any atom is 0.271 e. The monoisotopic (exact) mass is 474 g/mol. The lowest BCUT2D eigenvalue weighted by atomic mass is 10.0. The number of nitrogens with one attached hydrogen (secondary N) is 2. The van der Waals surface area contributed by atoms with Crippen LogP contribution in [0.1, 0.15) is 27.9 Å². The highest BCUT2D eigenvalue weighted by Gasteiger charge is 2.25. The van der Waals surface area contributed by atoms with Crippen LogP contribution in [0.3, 0.4) is 0 Å². The summed E-state index contributed by atoms with van der Waals surface area (Å²) in [6.45, 7) is 0. The Bertz CT molecular complexity index is 1640. The van der Waals surface area contributed by atoms with Gasteiger partial charge in [0, 0.05) is 18.0 Å². The number of phenolic OH excluding ortho intramolecular Hbond substituents is 1. The summed E-state index contributed by atoms with van der Waals surface area (Å²) >= 11 is 0. The maximum atomic E-state index is 13.9. The highest BCUT2D eigenvalue weighted by atomic mass is 16.3. The van der Waals surface area contributed by atoms with Crippen molar-refractivity contribution in [3.63, 3.8) is 0 Å². The molecule has 0 bridgehead atoms. The van der Waals surface area contributed by atoms with Gasteiger partial charge in [0.2, 0.25) is 5.78 Å². The highest BCUT2D eigenvalue weighted by molar-refractivity contribution is 5.99. The van der Waals surface area contributed by atoms with Crippen LogP contribution < -0.4 is 5.32 Å². The molecular formula is C28H22N6O2. The molecule has 36 heavy (non-hydrogen) atoms. The van der Waals surface area contributed by atoms with Gasteiger partial charge in [-0.05, 0) is 42.3 Å². The Morgan fingerprint density at radius 1 is 0.944 bits per heavy atom. The van der Waals surface area contributed by atoms with Gasteiger partial charge in [0.25, 0.3) is 5.91 Å². The van der Waals surface area contributed by atoms with Crippen LogP contribution in [0, 0.1) is 0 Å². The molecule has 8 heteroatoms. The SMILES string of the molecule is O=C(NC(Cc1ccc(O)cc1)c1nc2ccccc2[nH]1)c1c(-c2ccccc2)nc2ncccn12. The highest BCUT2D eigenvalue weighted by Crippen LogP contribution is 2.26. The lowest BCUT2D eigenvalue weighted by Gasteiger charge is -2.17. The topological polar surface area (TPSA) is 108 Å². The predicted octanol–water partition coefficient (Wildman–Crippen LogP) is 4.69. The summed E-state index contributed by atoms with van der Waals surface area (Å²) in [5.74, 6) is 0.985. The van der Waals surface area contributed by atoms with Crippen molar-refractivity contribution in [3.05, 3.63) is 114 Å². The van der Waals surface area contributed by atoms with Crippen molar-refractivity contribution in [1.82, 2.24) is 29.7 Å². The second kappa shape index (κ2) is 8.99. The van der Waals surface area contributed by atoms with Gasteiger partial charge in [-0.2, -0.15) is 0 Å². The summed E-state index contributed by atoms with van der Waals surface area (Å²) in [6, 6.07) is 25.6. The zero-order chi connectivity index (χ0) is 24.5. The molecule has 6 aromatic rings. The van der Waals surface area contributed by atoms with Gasteiger partial charge in [-0.15, -0.1) is 0 Å². The molecule has 1 unspecified atom stereocenters. The van der Waals surface area contributed by atoms with E-state index in [2.05, 4.69) is 20.3 Å². The maximum absolute atomic E-state index is 13.9. The van der Waals surface area contributed by atoms with Crippen LogP contribution in [0.15, 0.2) is 97.3 Å². The number of hydrogen-bond donors (Lipinski definition) is 3. The molecule has 176 valence electrons. The van der Waals surface area contributed by atoms with E-state index in [0.29, 0.717) is 29.4 Å². The van der Waals surface area contributed by atoms with Crippen LogP contribution >= 0.6 is 0 Å². The number of hydrogen-bond acceptors (Lipinski definition) is 5. The Kier molecular flexibility index (Phi) is 5.38. The molecule has 0 aliphatic carbocycles. The summed E-state index contributed by atoms with van der Waals surface area (Å²) in [5, 5.41) is 12.9. The number of imidazole rings is 2. The number of benzene rings is 3. The number of amides is 1. The third-order valence-corrected chi connectivity index (χ3v) is 6.09. The zero-order valence-electron chi connectivity index (χ0n) is 19.2. The number of aromatic hydroxyl groups is 1. The van der Waals surface area contributed by atoms with E-state index in [1.807, 2.05) is 66.7 Å². The first-order valence-corrected chi connectivity index (χ1v) is 11.6. The summed E-state index contributed by atoms with van der Waals surface area (Å²) < 4.78 is 1.70. The van der Waals surface area contributed by atoms with Gasteiger partial charge in [0.15, 0.2) is 0 Å². The largest absolute Gasteiger partial charge is 0.508 e. The summed E-state index contributed by atoms with van der Waals surface area (Å²) in [4.78, 5) is 31.0. The van der Waals surface area contributed by atoms with Crippen molar-refractivity contribution in [3.8, 4) is 17.0 Å². The van der Waals surface area contributed by atoms with E-state index in [9.17, 15) is 9.90 Å². The molecule has 3 aromatic heterocycles. The molecule has 0 aliphatic heterocycles. The van der Waals surface area contributed by atoms with Gasteiger partial charge >= 0.3 is 0 Å². The summed E-state index contributed by atoms with van der Waals surface area (Å²) in [6.07, 6.45) is 3.91. The van der Waals surface area contributed by atoms with Gasteiger partial charge in [-0.1, -0.05) is 54.6 Å². The Morgan fingerprint density at radius 2 is 1.72 bits per heavy atom. The molecule has 3 heterocycles. The number of para-hydroxylation sites is 2. The zero-order valence-corrected chi connectivity index (χ0v) is 19.2. The van der Waals surface area contributed by atoms with E-state index in [-0.39, 0.29) is 11.7 Å². The van der Waals surface area contributed by atoms with Crippen molar-refractivity contribution in [2.75, 3.05) is 0 Å². The number of H-pyrrole nitrogens is 1. The third kappa shape index (κ3) is 4.05. The van der Waals surface area contributed by atoms with Gasteiger partial charge in [-0.25, -0.2) is 15.0 Å². The first kappa shape index (κ1) is 21.5. The molecule has 0 aliphatic rings. The lowest BCUT2D eigenvalue weighted by molar-refractivity contribution is 0.0929. The van der Waals surface area contributed by atoms with Crippen LogP contribution in [-0.2, 0) is 6.42 Å². The number of phenols is 1. The molecule has 3 N–H and O–H groups in total. The number of aromatic nitrogens is 5. The van der Waals surface area contributed by atoms with Gasteiger partial charge < -0.3 is 15.4 Å². The van der Waals surface area contributed by atoms with Crippen molar-refractivity contribution < 1.29 is 9.90 Å². The second-order valence-electron chi connectivity index (χ2n) is 8.50. The molecule has 0 spiro atoms. The molecule has 3 aromatic carbocycles. The Morgan fingerprint density at radius 3 is 2.53 bits per heavy atom. The minimum Gasteiger partial charge on any atom is -0.508 e. The molecule has 0 fully saturated rings. The Hall–Kier alpha value is -4.98. The van der Waals surface area contributed by atoms with Crippen LogP contribution in [-0.4, -0.2) is 35.4 Å². The normalized spacial score (nSPS) is 12.1. The first-order chi connectivity index (χ1) is 17.7. The lowest BCUT2D eigenvalue weighted by Crippen LogP contribution is -2.32. The quantitative estimate of drug-likeness (QED) is 0.325. The fraction of sp³-hybridized carbons (Fsp3) is 0.0714. The van der Waals surface area contributed by atoms with E-state index in [4.69, 9.17) is 4.98 Å². The van der Waals surface area contributed by atoms with Crippen molar-refractivity contribution >= 4 is 22.7 Å². The van der Waals surface area contributed by atoms with Gasteiger partial charge in [0.05, 0.1) is 17.1 Å². The molecule has 1 atom stereocenters. The van der Waals surface area contributed by atoms with Crippen LogP contribution in [0.25, 0.3) is 28.1 Å². The Labute approximate surface area is 206 Å². The van der Waals surface area contributed by atoms with Crippen LogP contribution in [0.4, 0.5) is 0 Å². The summed E-state index contributed by atoms with van der Waals surface area (Å²) in [7, 11) is 0. The molecular weight excluding hydrogens is 452 g/mol. The Balaban J connectivity index is 1.42. The number of rotatable bonds is 6. The number of aromatic amines is 1. The minimum absolute atomic E-state index is 0.189. The molecule has 6 rings (SSSR count). The molecule has 1 amide bonds.